The highest BCUT2D eigenvalue weighted by Crippen LogP contribution is 2.44. The molecule has 2 aromatic rings. The first-order valence-corrected chi connectivity index (χ1v) is 17.6. The molecule has 51 heavy (non-hydrogen) atoms. The van der Waals surface area contributed by atoms with Gasteiger partial charge in [-0.05, 0) is 54.7 Å². The Morgan fingerprint density at radius 1 is 0.863 bits per heavy atom. The number of carboxylic acids is 1. The van der Waals surface area contributed by atoms with E-state index in [0.29, 0.717) is 75.5 Å². The molecule has 0 radical (unpaired) electrons. The number of rotatable bonds is 10. The zero-order chi connectivity index (χ0) is 36.4. The molecule has 1 N–H and O–H groups in total. The summed E-state index contributed by atoms with van der Waals surface area (Å²) < 4.78 is 66.7. The highest BCUT2D eigenvalue weighted by atomic mass is 19.4. The Morgan fingerprint density at radius 3 is 2.20 bits per heavy atom. The van der Waals surface area contributed by atoms with Crippen molar-refractivity contribution in [3.63, 3.8) is 0 Å². The van der Waals surface area contributed by atoms with Gasteiger partial charge in [0.25, 0.3) is 0 Å². The van der Waals surface area contributed by atoms with Gasteiger partial charge in [0.15, 0.2) is 0 Å². The summed E-state index contributed by atoms with van der Waals surface area (Å²) in [6.45, 7) is 2.82. The number of nitrogens with zero attached hydrogens (tertiary/aromatic N) is 4. The minimum Gasteiger partial charge on any atom is -0.497 e. The number of likely N-dealkylation sites (tertiary alicyclic amines) is 3. The van der Waals surface area contributed by atoms with E-state index in [1.54, 1.807) is 19.1 Å². The molecule has 4 saturated heterocycles. The second-order valence-corrected chi connectivity index (χ2v) is 14.3. The highest BCUT2D eigenvalue weighted by Gasteiger charge is 2.46. The Morgan fingerprint density at radius 2 is 1.59 bits per heavy atom. The van der Waals surface area contributed by atoms with E-state index in [0.717, 1.165) is 17.7 Å². The SMILES string of the molecule is COC[C@H]1CN(C(=O)[C@@H]2CN(CC(=O)N3CC[C@@H](F)C3)C[C@H]2c2ccc(OC)cc2)C[C@@H]1c1ccc(C(F)(F)F)cc1N1CCC(C(=O)O)CC1. The molecule has 14 heteroatoms. The summed E-state index contributed by atoms with van der Waals surface area (Å²) in [6.07, 6.45) is -4.63. The second kappa shape index (κ2) is 15.4. The molecule has 4 heterocycles. The van der Waals surface area contributed by atoms with Crippen LogP contribution in [0.25, 0.3) is 0 Å². The maximum atomic E-state index is 14.6. The summed E-state index contributed by atoms with van der Waals surface area (Å²) in [4.78, 5) is 46.4. The number of halogens is 4. The van der Waals surface area contributed by atoms with Crippen molar-refractivity contribution in [2.75, 3.05) is 84.6 Å². The van der Waals surface area contributed by atoms with Crippen molar-refractivity contribution < 1.29 is 46.5 Å². The van der Waals surface area contributed by atoms with Crippen LogP contribution in [0.1, 0.15) is 47.8 Å². The number of carboxylic acid groups (broad SMARTS) is 1. The first-order valence-electron chi connectivity index (χ1n) is 17.6. The number of ether oxygens (including phenoxy) is 2. The van der Waals surface area contributed by atoms with Gasteiger partial charge < -0.3 is 29.3 Å². The lowest BCUT2D eigenvalue weighted by molar-refractivity contribution is -0.142. The molecule has 6 rings (SSSR count). The van der Waals surface area contributed by atoms with Crippen molar-refractivity contribution in [3.05, 3.63) is 59.2 Å². The van der Waals surface area contributed by atoms with Gasteiger partial charge in [0.1, 0.15) is 11.9 Å². The van der Waals surface area contributed by atoms with Crippen LogP contribution in [0.4, 0.5) is 23.2 Å². The number of amides is 2. The smallest absolute Gasteiger partial charge is 0.416 e. The molecule has 10 nitrogen and oxygen atoms in total. The summed E-state index contributed by atoms with van der Waals surface area (Å²) in [6, 6.07) is 11.3. The Labute approximate surface area is 295 Å². The average Bonchev–Trinajstić information content (AvgIpc) is 3.86. The van der Waals surface area contributed by atoms with E-state index in [1.165, 1.54) is 11.0 Å². The molecule has 0 bridgehead atoms. The third kappa shape index (κ3) is 8.11. The number of methoxy groups -OCH3 is 2. The van der Waals surface area contributed by atoms with E-state index < -0.39 is 35.7 Å². The molecule has 0 aromatic heterocycles. The number of carbonyl (C=O) groups excluding carboxylic acids is 2. The fraction of sp³-hybridized carbons (Fsp3) is 0.595. The predicted molar refractivity (Wildman–Crippen MR) is 180 cm³/mol. The molecule has 2 aromatic carbocycles. The lowest BCUT2D eigenvalue weighted by Crippen LogP contribution is -2.40. The zero-order valence-electron chi connectivity index (χ0n) is 29.0. The van der Waals surface area contributed by atoms with Crippen LogP contribution in [0.2, 0.25) is 0 Å². The molecule has 0 spiro atoms. The number of hydrogen-bond donors (Lipinski definition) is 1. The van der Waals surface area contributed by atoms with Gasteiger partial charge in [-0.3, -0.25) is 19.3 Å². The van der Waals surface area contributed by atoms with Gasteiger partial charge in [-0.1, -0.05) is 18.2 Å². The minimum absolute atomic E-state index is 0.0750. The molecule has 4 aliphatic rings. The van der Waals surface area contributed by atoms with Crippen molar-refractivity contribution in [2.45, 2.75) is 43.4 Å². The number of carbonyl (C=O) groups is 3. The van der Waals surface area contributed by atoms with Crippen molar-refractivity contribution in [1.29, 1.82) is 0 Å². The second-order valence-electron chi connectivity index (χ2n) is 14.3. The summed E-state index contributed by atoms with van der Waals surface area (Å²) in [5, 5.41) is 9.51. The summed E-state index contributed by atoms with van der Waals surface area (Å²) in [5.74, 6) is -2.31. The molecule has 5 atom stereocenters. The number of anilines is 1. The lowest BCUT2D eigenvalue weighted by Gasteiger charge is -2.35. The van der Waals surface area contributed by atoms with Crippen LogP contribution in [-0.4, -0.2) is 123 Å². The van der Waals surface area contributed by atoms with E-state index in [4.69, 9.17) is 9.47 Å². The number of hydrogen-bond acceptors (Lipinski definition) is 7. The van der Waals surface area contributed by atoms with E-state index >= 15 is 0 Å². The third-order valence-electron chi connectivity index (χ3n) is 11.2. The Hall–Kier alpha value is -3.91. The molecular formula is C37H46F4N4O6. The van der Waals surface area contributed by atoms with Crippen LogP contribution in [0.3, 0.4) is 0 Å². The average molecular weight is 719 g/mol. The van der Waals surface area contributed by atoms with Gasteiger partial charge in [0.2, 0.25) is 11.8 Å². The van der Waals surface area contributed by atoms with Gasteiger partial charge in [0, 0.05) is 76.4 Å². The maximum absolute atomic E-state index is 14.6. The first kappa shape index (κ1) is 36.9. The molecule has 278 valence electrons. The normalized spacial score (nSPS) is 26.2. The van der Waals surface area contributed by atoms with Crippen LogP contribution < -0.4 is 9.64 Å². The molecule has 0 aliphatic carbocycles. The van der Waals surface area contributed by atoms with Gasteiger partial charge in [-0.15, -0.1) is 0 Å². The van der Waals surface area contributed by atoms with Crippen LogP contribution in [0.5, 0.6) is 5.75 Å². The van der Waals surface area contributed by atoms with Gasteiger partial charge >= 0.3 is 12.1 Å². The van der Waals surface area contributed by atoms with Gasteiger partial charge in [0.05, 0.1) is 44.2 Å². The molecule has 0 saturated carbocycles. The Balaban J connectivity index is 1.26. The third-order valence-corrected chi connectivity index (χ3v) is 11.2. The van der Waals surface area contributed by atoms with E-state index in [9.17, 15) is 37.1 Å². The maximum Gasteiger partial charge on any atom is 0.416 e. The highest BCUT2D eigenvalue weighted by molar-refractivity contribution is 5.82. The Bertz CT molecular complexity index is 1570. The standard InChI is InChI=1S/C37H46F4N4O6/c1-50-22-25-16-45(20-31(25)29-8-5-26(37(39,40)41)15-33(29)43-12-9-24(10-13-43)36(48)49)35(47)32-19-42(21-34(46)44-14-11-27(38)17-44)18-30(32)23-3-6-28(51-2)7-4-23/h3-8,15,24-25,27,30-32H,9-14,16-22H2,1-2H3,(H,48,49)/t25-,27-,30+,31+,32-/m1/s1. The summed E-state index contributed by atoms with van der Waals surface area (Å²) in [7, 11) is 3.13. The van der Waals surface area contributed by atoms with Crippen molar-refractivity contribution in [2.24, 2.45) is 17.8 Å². The van der Waals surface area contributed by atoms with Crippen LogP contribution >= 0.6 is 0 Å². The van der Waals surface area contributed by atoms with Gasteiger partial charge in [-0.2, -0.15) is 13.2 Å². The van der Waals surface area contributed by atoms with Crippen LogP contribution in [0.15, 0.2) is 42.5 Å². The lowest BCUT2D eigenvalue weighted by atomic mass is 9.86. The molecule has 4 fully saturated rings. The van der Waals surface area contributed by atoms with E-state index in [2.05, 4.69) is 0 Å². The number of benzene rings is 2. The van der Waals surface area contributed by atoms with Crippen LogP contribution in [0, 0.1) is 17.8 Å². The summed E-state index contributed by atoms with van der Waals surface area (Å²) >= 11 is 0. The molecule has 4 aliphatic heterocycles. The molecular weight excluding hydrogens is 672 g/mol. The van der Waals surface area contributed by atoms with E-state index in [-0.39, 0.29) is 55.8 Å². The summed E-state index contributed by atoms with van der Waals surface area (Å²) in [5.41, 5.74) is 1.23. The number of piperidine rings is 1. The fourth-order valence-electron chi connectivity index (χ4n) is 8.38. The van der Waals surface area contributed by atoms with Crippen molar-refractivity contribution in [3.8, 4) is 5.75 Å². The largest absolute Gasteiger partial charge is 0.497 e. The first-order chi connectivity index (χ1) is 24.4. The van der Waals surface area contributed by atoms with Crippen molar-refractivity contribution in [1.82, 2.24) is 14.7 Å². The van der Waals surface area contributed by atoms with Crippen LogP contribution in [-0.2, 0) is 25.3 Å². The number of alkyl halides is 4. The predicted octanol–water partition coefficient (Wildman–Crippen LogP) is 4.49. The minimum atomic E-state index is -4.56. The van der Waals surface area contributed by atoms with E-state index in [1.807, 2.05) is 34.1 Å². The molecule has 2 amide bonds. The van der Waals surface area contributed by atoms with Crippen molar-refractivity contribution >= 4 is 23.5 Å². The van der Waals surface area contributed by atoms with Gasteiger partial charge in [-0.25, -0.2) is 4.39 Å². The Kier molecular flexibility index (Phi) is 11.1. The zero-order valence-corrected chi connectivity index (χ0v) is 29.0. The molecule has 0 unspecified atom stereocenters. The topological polar surface area (TPSA) is 103 Å². The quantitative estimate of drug-likeness (QED) is 0.359. The number of aliphatic carboxylic acids is 1. The monoisotopic (exact) mass is 718 g/mol. The fourth-order valence-corrected chi connectivity index (χ4v) is 8.38.